The molecule has 0 aliphatic carbocycles. The van der Waals surface area contributed by atoms with E-state index in [1.165, 1.54) is 114 Å². The topological polar surface area (TPSA) is 41.5 Å². The molecule has 0 saturated heterocycles. The molecule has 0 aliphatic heterocycles. The van der Waals surface area contributed by atoms with Gasteiger partial charge in [0.05, 0.1) is 6.21 Å². The maximum Gasteiger partial charge on any atom is 0.240 e. The number of carbonyl (C=O) groups is 1. The number of hydrazone groups is 1. The Kier molecular flexibility index (Phi) is 22.1. The van der Waals surface area contributed by atoms with E-state index in [1.54, 1.807) is 0 Å². The zero-order valence-electron chi connectivity index (χ0n) is 23.7. The van der Waals surface area contributed by atoms with Gasteiger partial charge in [0.15, 0.2) is 0 Å². The zero-order valence-corrected chi connectivity index (χ0v) is 23.7. The minimum Gasteiger partial charge on any atom is -0.273 e. The second-order valence-electron chi connectivity index (χ2n) is 10.4. The molecule has 0 fully saturated rings. The molecular weight excluding hydrogens is 440 g/mol. The predicted octanol–water partition coefficient (Wildman–Crippen LogP) is 10.4. The molecule has 204 valence electrons. The van der Waals surface area contributed by atoms with E-state index in [-0.39, 0.29) is 5.91 Å². The number of carbonyl (C=O) groups excluding carboxylic acids is 1. The summed E-state index contributed by atoms with van der Waals surface area (Å²) in [6, 6.07) is 10.3. The van der Waals surface area contributed by atoms with Crippen LogP contribution in [0.15, 0.2) is 41.0 Å². The average Bonchev–Trinajstić information content (AvgIpc) is 2.89. The Hall–Kier alpha value is -1.90. The van der Waals surface area contributed by atoms with Crippen molar-refractivity contribution in [3.8, 4) is 0 Å². The second kappa shape index (κ2) is 24.8. The van der Waals surface area contributed by atoms with E-state index in [4.69, 9.17) is 0 Å². The van der Waals surface area contributed by atoms with Gasteiger partial charge in [0.25, 0.3) is 0 Å². The van der Waals surface area contributed by atoms with E-state index in [1.807, 2.05) is 12.3 Å². The molecule has 1 aromatic rings. The first-order chi connectivity index (χ1) is 17.8. The van der Waals surface area contributed by atoms with Crippen LogP contribution >= 0.6 is 0 Å². The highest BCUT2D eigenvalue weighted by atomic mass is 16.2. The molecule has 0 spiro atoms. The summed E-state index contributed by atoms with van der Waals surface area (Å²) in [7, 11) is 0. The number of hydrogen-bond acceptors (Lipinski definition) is 2. The summed E-state index contributed by atoms with van der Waals surface area (Å²) in [6.07, 6.45) is 30.6. The number of amides is 1. The highest BCUT2D eigenvalue weighted by molar-refractivity contribution is 5.86. The first-order valence-electron chi connectivity index (χ1n) is 15.3. The van der Waals surface area contributed by atoms with Gasteiger partial charge >= 0.3 is 0 Å². The SMILES string of the molecule is CCCCCCCCCCCCCCCCCC(=O)NN=CC(=Cc1ccccc1)CCCCCC. The van der Waals surface area contributed by atoms with Gasteiger partial charge in [0.1, 0.15) is 0 Å². The molecule has 0 heterocycles. The van der Waals surface area contributed by atoms with Crippen molar-refractivity contribution in [3.63, 3.8) is 0 Å². The van der Waals surface area contributed by atoms with Gasteiger partial charge in [0, 0.05) is 6.42 Å². The van der Waals surface area contributed by atoms with Gasteiger partial charge in [-0.15, -0.1) is 0 Å². The number of benzene rings is 1. The van der Waals surface area contributed by atoms with Crippen LogP contribution in [-0.4, -0.2) is 12.1 Å². The molecule has 3 nitrogen and oxygen atoms in total. The lowest BCUT2D eigenvalue weighted by atomic mass is 10.0. The summed E-state index contributed by atoms with van der Waals surface area (Å²) >= 11 is 0. The third-order valence-corrected chi connectivity index (χ3v) is 6.90. The van der Waals surface area contributed by atoms with Crippen molar-refractivity contribution < 1.29 is 4.79 Å². The fourth-order valence-electron chi connectivity index (χ4n) is 4.59. The molecule has 0 bridgehead atoms. The van der Waals surface area contributed by atoms with Gasteiger partial charge < -0.3 is 0 Å². The second-order valence-corrected chi connectivity index (χ2v) is 10.4. The summed E-state index contributed by atoms with van der Waals surface area (Å²) < 4.78 is 0. The minimum absolute atomic E-state index is 0.0333. The molecular formula is C33H56N2O. The van der Waals surface area contributed by atoms with Crippen molar-refractivity contribution in [2.75, 3.05) is 0 Å². The minimum atomic E-state index is 0.0333. The summed E-state index contributed by atoms with van der Waals surface area (Å²) in [5.74, 6) is 0.0333. The van der Waals surface area contributed by atoms with E-state index in [0.29, 0.717) is 6.42 Å². The molecule has 0 saturated carbocycles. The lowest BCUT2D eigenvalue weighted by Gasteiger charge is -2.04. The van der Waals surface area contributed by atoms with Gasteiger partial charge in [-0.1, -0.05) is 159 Å². The highest BCUT2D eigenvalue weighted by Crippen LogP contribution is 2.15. The van der Waals surface area contributed by atoms with Crippen molar-refractivity contribution in [1.82, 2.24) is 5.43 Å². The fraction of sp³-hybridized carbons (Fsp3) is 0.697. The number of unbranched alkanes of at least 4 members (excludes halogenated alkanes) is 17. The molecule has 0 aromatic heterocycles. The van der Waals surface area contributed by atoms with Crippen LogP contribution in [0.4, 0.5) is 0 Å². The Morgan fingerprint density at radius 1 is 0.639 bits per heavy atom. The Bertz CT molecular complexity index is 680. The maximum atomic E-state index is 12.2. The van der Waals surface area contributed by atoms with Crippen molar-refractivity contribution in [2.45, 2.75) is 149 Å². The van der Waals surface area contributed by atoms with E-state index >= 15 is 0 Å². The first kappa shape index (κ1) is 32.1. The van der Waals surface area contributed by atoms with E-state index in [0.717, 1.165) is 25.7 Å². The average molecular weight is 497 g/mol. The molecule has 0 radical (unpaired) electrons. The van der Waals surface area contributed by atoms with Crippen molar-refractivity contribution >= 4 is 18.2 Å². The molecule has 1 aromatic carbocycles. The van der Waals surface area contributed by atoms with E-state index in [9.17, 15) is 4.79 Å². The zero-order chi connectivity index (χ0) is 25.9. The fourth-order valence-corrected chi connectivity index (χ4v) is 4.59. The van der Waals surface area contributed by atoms with Crippen LogP contribution < -0.4 is 5.43 Å². The van der Waals surface area contributed by atoms with Gasteiger partial charge in [-0.3, -0.25) is 4.79 Å². The number of nitrogens with zero attached hydrogens (tertiary/aromatic N) is 1. The molecule has 36 heavy (non-hydrogen) atoms. The summed E-state index contributed by atoms with van der Waals surface area (Å²) in [4.78, 5) is 12.2. The van der Waals surface area contributed by atoms with Crippen molar-refractivity contribution in [1.29, 1.82) is 0 Å². The first-order valence-corrected chi connectivity index (χ1v) is 15.3. The van der Waals surface area contributed by atoms with Crippen LogP contribution in [0.25, 0.3) is 6.08 Å². The largest absolute Gasteiger partial charge is 0.273 e. The molecule has 3 heteroatoms. The van der Waals surface area contributed by atoms with Gasteiger partial charge in [-0.25, -0.2) is 5.43 Å². The summed E-state index contributed by atoms with van der Waals surface area (Å²) in [5, 5.41) is 4.26. The van der Waals surface area contributed by atoms with Crippen LogP contribution in [0.1, 0.15) is 154 Å². The maximum absolute atomic E-state index is 12.2. The Labute approximate surface area is 223 Å². The van der Waals surface area contributed by atoms with E-state index < -0.39 is 0 Å². The molecule has 1 amide bonds. The smallest absolute Gasteiger partial charge is 0.240 e. The van der Waals surface area contributed by atoms with Gasteiger partial charge in [0.2, 0.25) is 5.91 Å². The standard InChI is InChI=1S/C33H56N2O/c1-3-5-7-9-10-11-12-13-14-15-16-17-18-19-24-28-33(36)35-34-30-32(27-21-8-6-4-2)29-31-25-22-20-23-26-31/h20,22-23,25-26,29-30H,3-19,21,24,27-28H2,1-2H3,(H,35,36). The third kappa shape index (κ3) is 20.3. The van der Waals surface area contributed by atoms with Crippen LogP contribution in [0, 0.1) is 0 Å². The summed E-state index contributed by atoms with van der Waals surface area (Å²) in [6.45, 7) is 4.52. The molecule has 0 atom stereocenters. The molecule has 1 rings (SSSR count). The molecule has 1 N–H and O–H groups in total. The summed E-state index contributed by atoms with van der Waals surface area (Å²) in [5.41, 5.74) is 5.09. The van der Waals surface area contributed by atoms with Crippen LogP contribution in [0.2, 0.25) is 0 Å². The Morgan fingerprint density at radius 2 is 1.08 bits per heavy atom. The monoisotopic (exact) mass is 496 g/mol. The molecule has 0 unspecified atom stereocenters. The third-order valence-electron chi connectivity index (χ3n) is 6.90. The number of rotatable bonds is 24. The lowest BCUT2D eigenvalue weighted by Crippen LogP contribution is -2.17. The number of allylic oxidation sites excluding steroid dienone is 1. The number of nitrogens with one attached hydrogen (secondary N) is 1. The lowest BCUT2D eigenvalue weighted by molar-refractivity contribution is -0.121. The van der Waals surface area contributed by atoms with Crippen LogP contribution in [-0.2, 0) is 4.79 Å². The number of hydrogen-bond donors (Lipinski definition) is 1. The van der Waals surface area contributed by atoms with Gasteiger partial charge in [-0.2, -0.15) is 5.10 Å². The van der Waals surface area contributed by atoms with Gasteiger partial charge in [-0.05, 0) is 30.4 Å². The normalized spacial score (nSPS) is 11.9. The Morgan fingerprint density at radius 3 is 1.61 bits per heavy atom. The highest BCUT2D eigenvalue weighted by Gasteiger charge is 2.01. The van der Waals surface area contributed by atoms with Crippen molar-refractivity contribution in [3.05, 3.63) is 41.5 Å². The molecule has 0 aliphatic rings. The van der Waals surface area contributed by atoms with Crippen LogP contribution in [0.5, 0.6) is 0 Å². The Balaban J connectivity index is 2.08. The van der Waals surface area contributed by atoms with Crippen molar-refractivity contribution in [2.24, 2.45) is 5.10 Å². The quantitative estimate of drug-likeness (QED) is 0.0863. The predicted molar refractivity (Wildman–Crippen MR) is 159 cm³/mol. The van der Waals surface area contributed by atoms with E-state index in [2.05, 4.69) is 54.7 Å². The van der Waals surface area contributed by atoms with Crippen LogP contribution in [0.3, 0.4) is 0 Å².